The molecule has 0 aliphatic carbocycles. The molecule has 0 aromatic carbocycles. The molecule has 0 aromatic rings. The van der Waals surface area contributed by atoms with Gasteiger partial charge in [0.15, 0.2) is 0 Å². The quantitative estimate of drug-likeness (QED) is 0.561. The number of hydrogen-bond donors (Lipinski definition) is 0. The molecule has 2 saturated heterocycles. The van der Waals surface area contributed by atoms with Crippen molar-refractivity contribution < 1.29 is 22.0 Å². The normalized spacial score (nSPS) is 24.3. The topological polar surface area (TPSA) is 6.48 Å². The lowest BCUT2D eigenvalue weighted by Crippen LogP contribution is -2.47. The van der Waals surface area contributed by atoms with Gasteiger partial charge in [-0.1, -0.05) is 12.8 Å². The van der Waals surface area contributed by atoms with E-state index < -0.39 is 20.1 Å². The van der Waals surface area contributed by atoms with Crippen LogP contribution in [0.4, 0.5) is 22.0 Å². The Balaban J connectivity index is 2.22. The van der Waals surface area contributed by atoms with Crippen LogP contribution in [0.3, 0.4) is 0 Å². The zero-order chi connectivity index (χ0) is 14.8. The molecule has 0 spiro atoms. The third-order valence-corrected chi connectivity index (χ3v) is 6.42. The maximum absolute atomic E-state index is 14.0. The Bertz CT molecular complexity index is 293. The van der Waals surface area contributed by atoms with Gasteiger partial charge in [-0.3, -0.25) is 9.34 Å². The van der Waals surface area contributed by atoms with E-state index in [1.54, 1.807) is 0 Å². The van der Waals surface area contributed by atoms with Crippen LogP contribution in [0.15, 0.2) is 0 Å². The first-order valence-electron chi connectivity index (χ1n) is 7.08. The Hall–Kier alpha value is -0.0000000000000000416. The van der Waals surface area contributed by atoms with Gasteiger partial charge in [0, 0.05) is 26.2 Å². The van der Waals surface area contributed by atoms with E-state index in [2.05, 4.69) is 0 Å². The summed E-state index contributed by atoms with van der Waals surface area (Å²) >= 11 is 0. The van der Waals surface area contributed by atoms with Gasteiger partial charge in [-0.2, -0.15) is 22.0 Å². The Morgan fingerprint density at radius 2 is 0.950 bits per heavy atom. The molecule has 2 aliphatic rings. The minimum absolute atomic E-state index is 0.355. The molecule has 0 unspecified atom stereocenters. The maximum Gasteiger partial charge on any atom is 0.460 e. The Morgan fingerprint density at radius 1 is 0.600 bits per heavy atom. The molecule has 0 bridgehead atoms. The summed E-state index contributed by atoms with van der Waals surface area (Å²) in [5.74, 6) is 0. The molecule has 0 amide bonds. The minimum atomic E-state index is -5.46. The minimum Gasteiger partial charge on any atom is -0.265 e. The van der Waals surface area contributed by atoms with Crippen LogP contribution in [-0.4, -0.2) is 47.4 Å². The number of rotatable bonds is 3. The molecular weight excluding hydrogens is 298 g/mol. The largest absolute Gasteiger partial charge is 0.460 e. The predicted octanol–water partition coefficient (Wildman–Crippen LogP) is 4.43. The number of nitrogens with zero attached hydrogens (tertiary/aromatic N) is 2. The molecule has 0 radical (unpaired) electrons. The van der Waals surface area contributed by atoms with Crippen LogP contribution in [0.25, 0.3) is 0 Å². The fraction of sp³-hybridized carbons (Fsp3) is 1.00. The fourth-order valence-electron chi connectivity index (χ4n) is 2.78. The van der Waals surface area contributed by atoms with Crippen LogP contribution >= 0.6 is 8.22 Å². The highest BCUT2D eigenvalue weighted by atomic mass is 31.1. The highest BCUT2D eigenvalue weighted by Gasteiger charge is 2.65. The van der Waals surface area contributed by atoms with Crippen molar-refractivity contribution in [3.05, 3.63) is 0 Å². The summed E-state index contributed by atoms with van der Waals surface area (Å²) < 4.78 is 69.2. The van der Waals surface area contributed by atoms with Crippen molar-refractivity contribution in [3.63, 3.8) is 0 Å². The molecule has 118 valence electrons. The summed E-state index contributed by atoms with van der Waals surface area (Å²) in [4.78, 5) is 0. The molecular formula is C12H20F5N2P. The van der Waals surface area contributed by atoms with E-state index >= 15 is 0 Å². The third-order valence-electron chi connectivity index (χ3n) is 3.79. The van der Waals surface area contributed by atoms with Crippen molar-refractivity contribution in [3.8, 4) is 0 Å². The van der Waals surface area contributed by atoms with Crippen molar-refractivity contribution in [1.29, 1.82) is 0 Å². The molecule has 0 saturated carbocycles. The molecule has 2 fully saturated rings. The third kappa shape index (κ3) is 3.42. The fourth-order valence-corrected chi connectivity index (χ4v) is 5.40. The molecule has 0 atom stereocenters. The standard InChI is InChI=1S/C12H20F5N2P/c13-11(14,15)12(16,17)20(18-7-3-1-4-8-18)19-9-5-2-6-10-19/h1-10H2. The summed E-state index contributed by atoms with van der Waals surface area (Å²) in [5.41, 5.74) is -4.61. The van der Waals surface area contributed by atoms with E-state index in [4.69, 9.17) is 0 Å². The Morgan fingerprint density at radius 3 is 1.25 bits per heavy atom. The van der Waals surface area contributed by atoms with Gasteiger partial charge in [0.25, 0.3) is 0 Å². The summed E-state index contributed by atoms with van der Waals surface area (Å²) in [5, 5.41) is 0. The molecule has 0 N–H and O–H groups in total. The second kappa shape index (κ2) is 6.41. The number of hydrogen-bond acceptors (Lipinski definition) is 2. The van der Waals surface area contributed by atoms with Crippen LogP contribution in [0.5, 0.6) is 0 Å². The van der Waals surface area contributed by atoms with Gasteiger partial charge >= 0.3 is 11.8 Å². The first kappa shape index (κ1) is 16.4. The first-order chi connectivity index (χ1) is 9.34. The molecule has 0 aromatic heterocycles. The summed E-state index contributed by atoms with van der Waals surface area (Å²) in [6, 6.07) is 0. The van der Waals surface area contributed by atoms with Crippen LogP contribution in [-0.2, 0) is 0 Å². The lowest BCUT2D eigenvalue weighted by Gasteiger charge is -2.45. The van der Waals surface area contributed by atoms with Gasteiger partial charge in [-0.15, -0.1) is 0 Å². The van der Waals surface area contributed by atoms with Crippen molar-refractivity contribution in [2.75, 3.05) is 26.2 Å². The average Bonchev–Trinajstić information content (AvgIpc) is 2.40. The molecule has 8 heteroatoms. The van der Waals surface area contributed by atoms with Crippen molar-refractivity contribution in [2.24, 2.45) is 0 Å². The number of halogens is 5. The monoisotopic (exact) mass is 318 g/mol. The molecule has 2 aliphatic heterocycles. The SMILES string of the molecule is FC(F)(F)C(F)(F)P(N1CCCCC1)N1CCCCC1. The molecule has 20 heavy (non-hydrogen) atoms. The van der Waals surface area contributed by atoms with Crippen LogP contribution in [0.2, 0.25) is 0 Å². The number of alkyl halides is 5. The Labute approximate surface area is 117 Å². The van der Waals surface area contributed by atoms with E-state index in [-0.39, 0.29) is 0 Å². The summed E-state index contributed by atoms with van der Waals surface area (Å²) in [6.07, 6.45) is -0.801. The van der Waals surface area contributed by atoms with Crippen molar-refractivity contribution >= 4 is 8.22 Å². The second-order valence-corrected chi connectivity index (χ2v) is 7.63. The van der Waals surface area contributed by atoms with E-state index in [0.29, 0.717) is 51.9 Å². The van der Waals surface area contributed by atoms with Gasteiger partial charge in [-0.05, 0) is 25.7 Å². The highest BCUT2D eigenvalue weighted by molar-refractivity contribution is 7.54. The maximum atomic E-state index is 14.0. The van der Waals surface area contributed by atoms with Crippen LogP contribution in [0, 0.1) is 0 Å². The zero-order valence-corrected chi connectivity index (χ0v) is 12.2. The highest BCUT2D eigenvalue weighted by Crippen LogP contribution is 2.64. The molecule has 2 heterocycles. The smallest absolute Gasteiger partial charge is 0.265 e. The molecule has 2 nitrogen and oxygen atoms in total. The van der Waals surface area contributed by atoms with E-state index in [9.17, 15) is 22.0 Å². The van der Waals surface area contributed by atoms with Crippen LogP contribution in [0.1, 0.15) is 38.5 Å². The van der Waals surface area contributed by atoms with Gasteiger partial charge in [0.2, 0.25) is 0 Å². The van der Waals surface area contributed by atoms with E-state index in [1.165, 1.54) is 9.34 Å². The summed E-state index contributed by atoms with van der Waals surface area (Å²) in [7, 11) is -2.62. The van der Waals surface area contributed by atoms with Crippen LogP contribution < -0.4 is 0 Å². The van der Waals surface area contributed by atoms with Crippen molar-refractivity contribution in [2.45, 2.75) is 50.4 Å². The zero-order valence-electron chi connectivity index (χ0n) is 11.3. The summed E-state index contributed by atoms with van der Waals surface area (Å²) in [6.45, 7) is 1.42. The van der Waals surface area contributed by atoms with E-state index in [1.807, 2.05) is 0 Å². The average molecular weight is 318 g/mol. The number of piperidine rings is 2. The Kier molecular flexibility index (Phi) is 5.24. The van der Waals surface area contributed by atoms with Gasteiger partial charge in [0.05, 0.1) is 0 Å². The lowest BCUT2D eigenvalue weighted by molar-refractivity contribution is -0.244. The van der Waals surface area contributed by atoms with Gasteiger partial charge in [-0.25, -0.2) is 0 Å². The second-order valence-electron chi connectivity index (χ2n) is 5.36. The molecule has 2 rings (SSSR count). The van der Waals surface area contributed by atoms with Gasteiger partial charge < -0.3 is 0 Å². The van der Waals surface area contributed by atoms with Crippen molar-refractivity contribution in [1.82, 2.24) is 9.34 Å². The van der Waals surface area contributed by atoms with E-state index in [0.717, 1.165) is 12.8 Å². The first-order valence-corrected chi connectivity index (χ1v) is 8.33. The van der Waals surface area contributed by atoms with Gasteiger partial charge in [0.1, 0.15) is 8.22 Å². The predicted molar refractivity (Wildman–Crippen MR) is 68.8 cm³/mol. The lowest BCUT2D eigenvalue weighted by atomic mass is 10.2.